The quantitative estimate of drug-likeness (QED) is 0.731. The van der Waals surface area contributed by atoms with Crippen molar-refractivity contribution >= 4 is 17.0 Å². The lowest BCUT2D eigenvalue weighted by molar-refractivity contribution is 0.443. The van der Waals surface area contributed by atoms with Gasteiger partial charge < -0.3 is 15.6 Å². The number of benzene rings is 1. The summed E-state index contributed by atoms with van der Waals surface area (Å²) in [5.74, 6) is 0.846. The van der Waals surface area contributed by atoms with Crippen molar-refractivity contribution < 1.29 is 9.84 Å². The van der Waals surface area contributed by atoms with Crippen molar-refractivity contribution in [1.29, 1.82) is 0 Å². The average molecular weight is 231 g/mol. The first-order valence-corrected chi connectivity index (χ1v) is 5.48. The number of nitrogens with zero attached hydrogens (tertiary/aromatic N) is 1. The van der Waals surface area contributed by atoms with E-state index in [0.717, 1.165) is 22.2 Å². The topological polar surface area (TPSA) is 84.2 Å². The highest BCUT2D eigenvalue weighted by Crippen LogP contribution is 2.40. The number of phenolic OH excluding ortho intramolecular Hbond substituents is 1. The first-order valence-electron chi connectivity index (χ1n) is 5.48. The Morgan fingerprint density at radius 3 is 3.18 bits per heavy atom. The number of aromatic hydroxyl groups is 1. The molecule has 5 nitrogen and oxygen atoms in total. The molecule has 1 unspecified atom stereocenters. The maximum Gasteiger partial charge on any atom is 0.145 e. The monoisotopic (exact) mass is 231 g/mol. The molecule has 0 aliphatic carbocycles. The molecule has 1 aliphatic heterocycles. The van der Waals surface area contributed by atoms with Gasteiger partial charge in [0, 0.05) is 23.7 Å². The summed E-state index contributed by atoms with van der Waals surface area (Å²) in [6.07, 6.45) is 3.93. The van der Waals surface area contributed by atoms with E-state index in [1.165, 1.54) is 0 Å². The van der Waals surface area contributed by atoms with Gasteiger partial charge >= 0.3 is 0 Å². The second-order valence-electron chi connectivity index (χ2n) is 4.34. The maximum atomic E-state index is 10.00. The van der Waals surface area contributed by atoms with Crippen molar-refractivity contribution in [2.75, 3.05) is 0 Å². The van der Waals surface area contributed by atoms with Gasteiger partial charge in [0.1, 0.15) is 11.5 Å². The molecule has 0 amide bonds. The van der Waals surface area contributed by atoms with E-state index in [1.807, 2.05) is 6.92 Å². The Morgan fingerprint density at radius 2 is 2.41 bits per heavy atom. The summed E-state index contributed by atoms with van der Waals surface area (Å²) in [5.41, 5.74) is 8.11. The van der Waals surface area contributed by atoms with Gasteiger partial charge in [0.25, 0.3) is 0 Å². The Balaban J connectivity index is 2.29. The Labute approximate surface area is 97.9 Å². The van der Waals surface area contributed by atoms with Crippen LogP contribution in [-0.2, 0) is 6.42 Å². The van der Waals surface area contributed by atoms with Crippen LogP contribution >= 0.6 is 0 Å². The second kappa shape index (κ2) is 3.49. The molecule has 1 aromatic carbocycles. The number of hydrogen-bond acceptors (Lipinski definition) is 4. The minimum atomic E-state index is -0.0422. The van der Waals surface area contributed by atoms with Crippen LogP contribution in [0.1, 0.15) is 18.2 Å². The molecule has 0 saturated heterocycles. The summed E-state index contributed by atoms with van der Waals surface area (Å²) in [4.78, 5) is 0. The molecule has 4 N–H and O–H groups in total. The number of ether oxygens (including phenoxy) is 1. The van der Waals surface area contributed by atoms with E-state index in [1.54, 1.807) is 18.4 Å². The minimum Gasteiger partial charge on any atom is -0.507 e. The van der Waals surface area contributed by atoms with Crippen LogP contribution < -0.4 is 10.5 Å². The Hall–Kier alpha value is -2.01. The third-order valence-electron chi connectivity index (χ3n) is 2.85. The predicted octanol–water partition coefficient (Wildman–Crippen LogP) is 1.52. The van der Waals surface area contributed by atoms with Crippen molar-refractivity contribution in [3.63, 3.8) is 0 Å². The fourth-order valence-corrected chi connectivity index (χ4v) is 2.14. The molecule has 88 valence electrons. The van der Waals surface area contributed by atoms with Crippen molar-refractivity contribution in [1.82, 2.24) is 10.2 Å². The molecule has 0 saturated carbocycles. The Bertz CT molecular complexity index is 614. The minimum absolute atomic E-state index is 0.0422. The summed E-state index contributed by atoms with van der Waals surface area (Å²) < 4.78 is 5.51. The lowest BCUT2D eigenvalue weighted by Crippen LogP contribution is -2.18. The van der Waals surface area contributed by atoms with Gasteiger partial charge in [0.05, 0.1) is 22.9 Å². The molecular weight excluding hydrogens is 218 g/mol. The standard InChI is InChI=1S/C12H13N3O2/c1-6(13)4-7-10(16)5-9-11-8(14-15-9)2-3-17-12(7)11/h2-3,5-6,16H,4,13H2,1H3,(H,14,15). The average Bonchev–Trinajstić information content (AvgIpc) is 2.68. The molecule has 1 atom stereocenters. The third kappa shape index (κ3) is 1.47. The summed E-state index contributed by atoms with van der Waals surface area (Å²) in [6.45, 7) is 1.89. The molecule has 1 aliphatic rings. The summed E-state index contributed by atoms with van der Waals surface area (Å²) in [6, 6.07) is 1.62. The SMILES string of the molecule is CC(N)Cc1c(O)cc2[nH]nc3c2c1OC=C3. The van der Waals surface area contributed by atoms with Crippen LogP contribution in [0.4, 0.5) is 0 Å². The van der Waals surface area contributed by atoms with Gasteiger partial charge in [-0.2, -0.15) is 5.10 Å². The van der Waals surface area contributed by atoms with Gasteiger partial charge in [0.15, 0.2) is 0 Å². The van der Waals surface area contributed by atoms with E-state index < -0.39 is 0 Å². The maximum absolute atomic E-state index is 10.00. The van der Waals surface area contributed by atoms with Crippen LogP contribution in [0, 0.1) is 0 Å². The van der Waals surface area contributed by atoms with E-state index >= 15 is 0 Å². The van der Waals surface area contributed by atoms with E-state index in [4.69, 9.17) is 10.5 Å². The number of aromatic amines is 1. The van der Waals surface area contributed by atoms with Crippen LogP contribution in [0.3, 0.4) is 0 Å². The Morgan fingerprint density at radius 1 is 1.59 bits per heavy atom. The van der Waals surface area contributed by atoms with Crippen LogP contribution in [0.2, 0.25) is 0 Å². The Kier molecular flexibility index (Phi) is 2.09. The van der Waals surface area contributed by atoms with E-state index in [2.05, 4.69) is 10.2 Å². The molecule has 5 heteroatoms. The molecule has 2 aromatic rings. The number of nitrogens with two attached hydrogens (primary N) is 1. The van der Waals surface area contributed by atoms with Gasteiger partial charge in [-0.3, -0.25) is 5.10 Å². The second-order valence-corrected chi connectivity index (χ2v) is 4.34. The van der Waals surface area contributed by atoms with Crippen molar-refractivity contribution in [2.24, 2.45) is 5.73 Å². The first-order chi connectivity index (χ1) is 8.16. The largest absolute Gasteiger partial charge is 0.507 e. The predicted molar refractivity (Wildman–Crippen MR) is 64.8 cm³/mol. The molecular formula is C12H13N3O2. The van der Waals surface area contributed by atoms with E-state index in [0.29, 0.717) is 12.2 Å². The van der Waals surface area contributed by atoms with E-state index in [9.17, 15) is 5.11 Å². The smallest absolute Gasteiger partial charge is 0.145 e. The van der Waals surface area contributed by atoms with Crippen molar-refractivity contribution in [3.05, 3.63) is 23.6 Å². The normalized spacial score (nSPS) is 14.9. The van der Waals surface area contributed by atoms with E-state index in [-0.39, 0.29) is 11.8 Å². The molecule has 0 fully saturated rings. The number of H-pyrrole nitrogens is 1. The van der Waals surface area contributed by atoms with Gasteiger partial charge in [-0.1, -0.05) is 0 Å². The van der Waals surface area contributed by atoms with Crippen LogP contribution in [-0.4, -0.2) is 21.3 Å². The highest BCUT2D eigenvalue weighted by Gasteiger charge is 2.21. The van der Waals surface area contributed by atoms with Crippen LogP contribution in [0.5, 0.6) is 11.5 Å². The zero-order chi connectivity index (χ0) is 12.0. The number of hydrogen-bond donors (Lipinski definition) is 3. The molecule has 3 rings (SSSR count). The fourth-order valence-electron chi connectivity index (χ4n) is 2.14. The fraction of sp³-hybridized carbons (Fsp3) is 0.250. The van der Waals surface area contributed by atoms with Crippen LogP contribution in [0.25, 0.3) is 17.0 Å². The summed E-state index contributed by atoms with van der Waals surface area (Å²) in [5, 5.41) is 17.9. The van der Waals surface area contributed by atoms with Gasteiger partial charge in [-0.15, -0.1) is 0 Å². The number of aromatic nitrogens is 2. The van der Waals surface area contributed by atoms with Crippen LogP contribution in [0.15, 0.2) is 12.3 Å². The molecule has 2 heterocycles. The zero-order valence-electron chi connectivity index (χ0n) is 9.40. The van der Waals surface area contributed by atoms with Gasteiger partial charge in [0.2, 0.25) is 0 Å². The summed E-state index contributed by atoms with van der Waals surface area (Å²) in [7, 11) is 0. The first kappa shape index (κ1) is 10.2. The number of nitrogens with one attached hydrogen (secondary N) is 1. The lowest BCUT2D eigenvalue weighted by Gasteiger charge is -2.15. The highest BCUT2D eigenvalue weighted by atomic mass is 16.5. The number of rotatable bonds is 2. The summed E-state index contributed by atoms with van der Waals surface area (Å²) >= 11 is 0. The molecule has 0 spiro atoms. The van der Waals surface area contributed by atoms with Crippen molar-refractivity contribution in [2.45, 2.75) is 19.4 Å². The molecule has 1 aromatic heterocycles. The lowest BCUT2D eigenvalue weighted by atomic mass is 10.0. The molecule has 0 bridgehead atoms. The van der Waals surface area contributed by atoms with Crippen molar-refractivity contribution in [3.8, 4) is 11.5 Å². The molecule has 0 radical (unpaired) electrons. The number of phenols is 1. The van der Waals surface area contributed by atoms with Gasteiger partial charge in [-0.25, -0.2) is 0 Å². The third-order valence-corrected chi connectivity index (χ3v) is 2.85. The molecule has 17 heavy (non-hydrogen) atoms. The highest BCUT2D eigenvalue weighted by molar-refractivity contribution is 5.95. The zero-order valence-corrected chi connectivity index (χ0v) is 9.40. The van der Waals surface area contributed by atoms with Gasteiger partial charge in [-0.05, 0) is 13.3 Å².